The Morgan fingerprint density at radius 2 is 2.00 bits per heavy atom. The van der Waals surface area contributed by atoms with Crippen LogP contribution in [0.3, 0.4) is 0 Å². The van der Waals surface area contributed by atoms with Gasteiger partial charge in [0.05, 0.1) is 20.3 Å². The van der Waals surface area contributed by atoms with Crippen LogP contribution in [-0.4, -0.2) is 19.1 Å². The lowest BCUT2D eigenvalue weighted by atomic mass is 10.1. The monoisotopic (exact) mass is 379 g/mol. The Kier molecular flexibility index (Phi) is 4.92. The number of sulfonamides is 1. The van der Waals surface area contributed by atoms with Gasteiger partial charge in [-0.3, -0.25) is 19.6 Å². The summed E-state index contributed by atoms with van der Waals surface area (Å²) in [5.41, 5.74) is 0.408. The van der Waals surface area contributed by atoms with Crippen molar-refractivity contribution in [3.05, 3.63) is 49.9 Å². The Bertz CT molecular complexity index is 1030. The van der Waals surface area contributed by atoms with Gasteiger partial charge in [0, 0.05) is 12.1 Å². The van der Waals surface area contributed by atoms with Gasteiger partial charge in [-0.25, -0.2) is 8.42 Å². The first kappa shape index (κ1) is 18.6. The summed E-state index contributed by atoms with van der Waals surface area (Å²) in [6, 6.07) is 5.37. The van der Waals surface area contributed by atoms with Crippen LogP contribution >= 0.6 is 11.3 Å². The third-order valence-electron chi connectivity index (χ3n) is 3.48. The molecule has 2 aromatic rings. The maximum absolute atomic E-state index is 12.6. The standard InChI is InChI=1S/C15H13N3O5S2/c1-8-4-5-11(18(20)21)6-13(8)25(22,23)17-15-12(7-16)9(2)14(24-15)10(3)19/h4-6,17H,1-3H3. The second-order valence-electron chi connectivity index (χ2n) is 5.24. The molecule has 1 aromatic heterocycles. The summed E-state index contributed by atoms with van der Waals surface area (Å²) in [6.07, 6.45) is 0. The number of aryl methyl sites for hydroxylation is 1. The van der Waals surface area contributed by atoms with Crippen LogP contribution < -0.4 is 4.72 Å². The predicted octanol–water partition coefficient (Wildman–Crippen LogP) is 3.15. The fraction of sp³-hybridized carbons (Fsp3) is 0.200. The molecule has 2 rings (SSSR count). The minimum absolute atomic E-state index is 0.0103. The normalized spacial score (nSPS) is 11.0. The van der Waals surface area contributed by atoms with E-state index in [9.17, 15) is 28.6 Å². The van der Waals surface area contributed by atoms with Gasteiger partial charge in [-0.15, -0.1) is 11.3 Å². The van der Waals surface area contributed by atoms with Crippen LogP contribution in [0.15, 0.2) is 23.1 Å². The highest BCUT2D eigenvalue weighted by Gasteiger charge is 2.25. The van der Waals surface area contributed by atoms with E-state index in [0.29, 0.717) is 11.1 Å². The number of nitrogens with one attached hydrogen (secondary N) is 1. The van der Waals surface area contributed by atoms with E-state index >= 15 is 0 Å². The van der Waals surface area contributed by atoms with Gasteiger partial charge in [0.2, 0.25) is 0 Å². The SMILES string of the molecule is CC(=O)c1sc(NS(=O)(=O)c2cc([N+](=O)[O-])ccc2C)c(C#N)c1C. The molecule has 1 N–H and O–H groups in total. The molecule has 0 fully saturated rings. The molecule has 0 aliphatic carbocycles. The van der Waals surface area contributed by atoms with Crippen molar-refractivity contribution in [1.29, 1.82) is 5.26 Å². The quantitative estimate of drug-likeness (QED) is 0.482. The van der Waals surface area contributed by atoms with Crippen molar-refractivity contribution >= 4 is 37.8 Å². The number of nitriles is 1. The van der Waals surface area contributed by atoms with Crippen LogP contribution in [0.5, 0.6) is 0 Å². The number of nitro groups is 1. The van der Waals surface area contributed by atoms with Gasteiger partial charge in [-0.05, 0) is 31.9 Å². The molecule has 0 saturated carbocycles. The lowest BCUT2D eigenvalue weighted by molar-refractivity contribution is -0.385. The number of nitrogens with zero attached hydrogens (tertiary/aromatic N) is 2. The summed E-state index contributed by atoms with van der Waals surface area (Å²) in [5.74, 6) is -0.282. The molecular formula is C15H13N3O5S2. The molecule has 8 nitrogen and oxygen atoms in total. The average Bonchev–Trinajstić information content (AvgIpc) is 2.82. The molecule has 0 amide bonds. The van der Waals surface area contributed by atoms with Gasteiger partial charge in [-0.1, -0.05) is 6.07 Å². The van der Waals surface area contributed by atoms with Gasteiger partial charge < -0.3 is 0 Å². The number of carbonyl (C=O) groups is 1. The van der Waals surface area contributed by atoms with Gasteiger partial charge in [0.25, 0.3) is 15.7 Å². The van der Waals surface area contributed by atoms with E-state index in [0.717, 1.165) is 17.4 Å². The number of Topliss-reactive ketones (excluding diaryl/α,β-unsaturated/α-hetero) is 1. The number of nitro benzene ring substituents is 1. The molecular weight excluding hydrogens is 366 g/mol. The Labute approximate surface area is 147 Å². The zero-order valence-electron chi connectivity index (χ0n) is 13.5. The minimum atomic E-state index is -4.17. The number of anilines is 1. The van der Waals surface area contributed by atoms with Crippen LogP contribution in [0.2, 0.25) is 0 Å². The highest BCUT2D eigenvalue weighted by atomic mass is 32.2. The molecule has 10 heteroatoms. The molecule has 0 aliphatic heterocycles. The van der Waals surface area contributed by atoms with Gasteiger partial charge in [-0.2, -0.15) is 5.26 Å². The van der Waals surface area contributed by atoms with Crippen LogP contribution in [0.25, 0.3) is 0 Å². The molecule has 25 heavy (non-hydrogen) atoms. The molecule has 130 valence electrons. The smallest absolute Gasteiger partial charge is 0.270 e. The summed E-state index contributed by atoms with van der Waals surface area (Å²) in [5, 5.41) is 20.1. The largest absolute Gasteiger partial charge is 0.294 e. The number of thiophene rings is 1. The van der Waals surface area contributed by atoms with Crippen molar-refractivity contribution in [3.8, 4) is 6.07 Å². The predicted molar refractivity (Wildman–Crippen MR) is 92.4 cm³/mol. The van der Waals surface area contributed by atoms with E-state index in [1.54, 1.807) is 6.92 Å². The lowest BCUT2D eigenvalue weighted by Gasteiger charge is -2.09. The summed E-state index contributed by atoms with van der Waals surface area (Å²) >= 11 is 0.861. The molecule has 0 bridgehead atoms. The maximum Gasteiger partial charge on any atom is 0.270 e. The molecule has 0 radical (unpaired) electrons. The fourth-order valence-electron chi connectivity index (χ4n) is 2.22. The molecule has 1 heterocycles. The maximum atomic E-state index is 12.6. The van der Waals surface area contributed by atoms with E-state index < -0.39 is 14.9 Å². The van der Waals surface area contributed by atoms with Gasteiger partial charge in [0.15, 0.2) is 5.78 Å². The minimum Gasteiger partial charge on any atom is -0.294 e. The van der Waals surface area contributed by atoms with E-state index in [4.69, 9.17) is 0 Å². The van der Waals surface area contributed by atoms with Gasteiger partial charge >= 0.3 is 0 Å². The van der Waals surface area contributed by atoms with Crippen molar-refractivity contribution in [2.24, 2.45) is 0 Å². The molecule has 0 atom stereocenters. The number of benzene rings is 1. The van der Waals surface area contributed by atoms with Crippen molar-refractivity contribution < 1.29 is 18.1 Å². The third kappa shape index (κ3) is 3.52. The Morgan fingerprint density at radius 3 is 2.52 bits per heavy atom. The summed E-state index contributed by atoms with van der Waals surface area (Å²) < 4.78 is 27.5. The van der Waals surface area contributed by atoms with Crippen molar-refractivity contribution in [3.63, 3.8) is 0 Å². The summed E-state index contributed by atoms with van der Waals surface area (Å²) in [7, 11) is -4.17. The molecule has 0 spiro atoms. The Hall–Kier alpha value is -2.77. The average molecular weight is 379 g/mol. The number of carbonyl (C=O) groups excluding carboxylic acids is 1. The van der Waals surface area contributed by atoms with E-state index in [-0.39, 0.29) is 31.8 Å². The van der Waals surface area contributed by atoms with Gasteiger partial charge in [0.1, 0.15) is 11.1 Å². The van der Waals surface area contributed by atoms with Crippen molar-refractivity contribution in [2.75, 3.05) is 4.72 Å². The first-order valence-corrected chi connectivity index (χ1v) is 9.20. The third-order valence-corrected chi connectivity index (χ3v) is 6.41. The Morgan fingerprint density at radius 1 is 1.36 bits per heavy atom. The van der Waals surface area contributed by atoms with Crippen LogP contribution in [0, 0.1) is 35.3 Å². The molecule has 0 aliphatic rings. The zero-order valence-corrected chi connectivity index (χ0v) is 15.1. The van der Waals surface area contributed by atoms with Crippen LogP contribution in [0.4, 0.5) is 10.7 Å². The topological polar surface area (TPSA) is 130 Å². The van der Waals surface area contributed by atoms with Crippen LogP contribution in [-0.2, 0) is 10.0 Å². The number of hydrogen-bond acceptors (Lipinski definition) is 7. The van der Waals surface area contributed by atoms with E-state index in [2.05, 4.69) is 4.72 Å². The van der Waals surface area contributed by atoms with Crippen LogP contribution in [0.1, 0.15) is 33.3 Å². The van der Waals surface area contributed by atoms with Crippen molar-refractivity contribution in [2.45, 2.75) is 25.7 Å². The summed E-state index contributed by atoms with van der Waals surface area (Å²) in [4.78, 5) is 21.8. The highest BCUT2D eigenvalue weighted by molar-refractivity contribution is 7.93. The number of hydrogen-bond donors (Lipinski definition) is 1. The highest BCUT2D eigenvalue weighted by Crippen LogP contribution is 2.35. The molecule has 0 unspecified atom stereocenters. The number of ketones is 1. The summed E-state index contributed by atoms with van der Waals surface area (Å²) in [6.45, 7) is 4.38. The molecule has 0 saturated heterocycles. The second-order valence-corrected chi connectivity index (χ2v) is 7.91. The van der Waals surface area contributed by atoms with Crippen molar-refractivity contribution in [1.82, 2.24) is 0 Å². The fourth-order valence-corrected chi connectivity index (χ4v) is 4.85. The number of non-ortho nitro benzene ring substituents is 1. The molecule has 1 aromatic carbocycles. The first-order chi connectivity index (χ1) is 11.6. The van der Waals surface area contributed by atoms with E-state index in [1.165, 1.54) is 26.0 Å². The Balaban J connectivity index is 2.56. The zero-order chi connectivity index (χ0) is 18.9. The van der Waals surface area contributed by atoms with E-state index in [1.807, 2.05) is 6.07 Å². The second kappa shape index (κ2) is 6.62. The first-order valence-electron chi connectivity index (χ1n) is 6.90. The lowest BCUT2D eigenvalue weighted by Crippen LogP contribution is -2.14. The number of rotatable bonds is 5.